The quantitative estimate of drug-likeness (QED) is 0.838. The van der Waals surface area contributed by atoms with Gasteiger partial charge in [-0.1, -0.05) is 23.4 Å². The number of carbonyl (C=O) groups excluding carboxylic acids is 2. The Labute approximate surface area is 147 Å². The molecular formula is C18H23N5O2. The zero-order valence-electron chi connectivity index (χ0n) is 14.8. The highest BCUT2D eigenvalue weighted by atomic mass is 16.2. The number of para-hydroxylation sites is 1. The van der Waals surface area contributed by atoms with E-state index in [0.717, 1.165) is 24.2 Å². The molecule has 0 aliphatic carbocycles. The standard InChI is InChI=1S/C18H23N5O2/c1-13-15(19-20-23(13)14-8-5-4-6-9-14)12-17(24)22-11-7-10-16(22)18(25)21(2)3/h4-6,8-9,16H,7,10-12H2,1-3H3. The maximum atomic E-state index is 12.7. The first-order valence-electron chi connectivity index (χ1n) is 8.46. The highest BCUT2D eigenvalue weighted by Gasteiger charge is 2.35. The Morgan fingerprint density at radius 1 is 1.24 bits per heavy atom. The van der Waals surface area contributed by atoms with E-state index in [2.05, 4.69) is 10.3 Å². The van der Waals surface area contributed by atoms with E-state index in [4.69, 9.17) is 0 Å². The smallest absolute Gasteiger partial charge is 0.244 e. The molecule has 2 aromatic rings. The molecule has 1 aliphatic rings. The van der Waals surface area contributed by atoms with Crippen LogP contribution in [0.1, 0.15) is 24.2 Å². The summed E-state index contributed by atoms with van der Waals surface area (Å²) in [5, 5.41) is 8.35. The van der Waals surface area contributed by atoms with Gasteiger partial charge in [0.15, 0.2) is 0 Å². The van der Waals surface area contributed by atoms with Gasteiger partial charge >= 0.3 is 0 Å². The van der Waals surface area contributed by atoms with Gasteiger partial charge in [-0.3, -0.25) is 9.59 Å². The molecule has 2 amide bonds. The van der Waals surface area contributed by atoms with E-state index in [0.29, 0.717) is 12.2 Å². The fraction of sp³-hybridized carbons (Fsp3) is 0.444. The van der Waals surface area contributed by atoms with Gasteiger partial charge in [-0.25, -0.2) is 4.68 Å². The molecular weight excluding hydrogens is 318 g/mol. The summed E-state index contributed by atoms with van der Waals surface area (Å²) in [5.41, 5.74) is 2.40. The van der Waals surface area contributed by atoms with Crippen molar-refractivity contribution in [3.05, 3.63) is 41.7 Å². The molecule has 0 bridgehead atoms. The lowest BCUT2D eigenvalue weighted by atomic mass is 10.1. The summed E-state index contributed by atoms with van der Waals surface area (Å²) in [6, 6.07) is 9.34. The minimum absolute atomic E-state index is 0.0180. The number of rotatable bonds is 4. The minimum Gasteiger partial charge on any atom is -0.347 e. The Hall–Kier alpha value is -2.70. The highest BCUT2D eigenvalue weighted by Crippen LogP contribution is 2.21. The number of hydrogen-bond acceptors (Lipinski definition) is 4. The monoisotopic (exact) mass is 341 g/mol. The molecule has 1 aromatic heterocycles. The van der Waals surface area contributed by atoms with Crippen LogP contribution < -0.4 is 0 Å². The zero-order chi connectivity index (χ0) is 18.0. The summed E-state index contributed by atoms with van der Waals surface area (Å²) in [7, 11) is 3.44. The fourth-order valence-corrected chi connectivity index (χ4v) is 3.20. The van der Waals surface area contributed by atoms with E-state index in [-0.39, 0.29) is 24.3 Å². The Bertz CT molecular complexity index is 769. The first-order chi connectivity index (χ1) is 12.0. The Balaban J connectivity index is 1.76. The van der Waals surface area contributed by atoms with Crippen molar-refractivity contribution < 1.29 is 9.59 Å². The Morgan fingerprint density at radius 3 is 2.64 bits per heavy atom. The van der Waals surface area contributed by atoms with Crippen molar-refractivity contribution in [2.24, 2.45) is 0 Å². The van der Waals surface area contributed by atoms with Crippen molar-refractivity contribution in [3.8, 4) is 5.69 Å². The summed E-state index contributed by atoms with van der Waals surface area (Å²) < 4.78 is 1.73. The van der Waals surface area contributed by atoms with Gasteiger partial charge in [-0.15, -0.1) is 5.10 Å². The van der Waals surface area contributed by atoms with Crippen LogP contribution in [-0.4, -0.2) is 63.3 Å². The molecule has 1 aromatic carbocycles. The van der Waals surface area contributed by atoms with Crippen LogP contribution in [0.25, 0.3) is 5.69 Å². The number of likely N-dealkylation sites (N-methyl/N-ethyl adjacent to an activating group) is 1. The third-order valence-electron chi connectivity index (χ3n) is 4.61. The van der Waals surface area contributed by atoms with E-state index in [1.807, 2.05) is 37.3 Å². The zero-order valence-corrected chi connectivity index (χ0v) is 14.8. The SMILES string of the molecule is Cc1c(CC(=O)N2CCCC2C(=O)N(C)C)nnn1-c1ccccc1. The van der Waals surface area contributed by atoms with E-state index >= 15 is 0 Å². The average molecular weight is 341 g/mol. The van der Waals surface area contributed by atoms with Crippen LogP contribution in [0, 0.1) is 6.92 Å². The molecule has 0 saturated carbocycles. The third-order valence-corrected chi connectivity index (χ3v) is 4.61. The lowest BCUT2D eigenvalue weighted by molar-refractivity contribution is -0.141. The van der Waals surface area contributed by atoms with E-state index in [1.54, 1.807) is 28.6 Å². The normalized spacial score (nSPS) is 16.9. The van der Waals surface area contributed by atoms with Crippen LogP contribution in [0.3, 0.4) is 0 Å². The van der Waals surface area contributed by atoms with Crippen LogP contribution >= 0.6 is 0 Å². The molecule has 0 N–H and O–H groups in total. The molecule has 0 radical (unpaired) electrons. The molecule has 7 nitrogen and oxygen atoms in total. The molecule has 1 saturated heterocycles. The van der Waals surface area contributed by atoms with Crippen molar-refractivity contribution >= 4 is 11.8 Å². The van der Waals surface area contributed by atoms with Gasteiger partial charge in [0.05, 0.1) is 23.5 Å². The number of benzene rings is 1. The molecule has 1 aliphatic heterocycles. The fourth-order valence-electron chi connectivity index (χ4n) is 3.20. The van der Waals surface area contributed by atoms with Gasteiger partial charge in [0, 0.05) is 20.6 Å². The summed E-state index contributed by atoms with van der Waals surface area (Å²) in [4.78, 5) is 28.2. The molecule has 25 heavy (non-hydrogen) atoms. The predicted molar refractivity (Wildman–Crippen MR) is 93.2 cm³/mol. The molecule has 0 spiro atoms. The Kier molecular flexibility index (Phi) is 4.83. The van der Waals surface area contributed by atoms with E-state index < -0.39 is 0 Å². The maximum Gasteiger partial charge on any atom is 0.244 e. The lowest BCUT2D eigenvalue weighted by Gasteiger charge is -2.26. The van der Waals surface area contributed by atoms with Gasteiger partial charge in [0.1, 0.15) is 6.04 Å². The first kappa shape index (κ1) is 17.1. The van der Waals surface area contributed by atoms with E-state index in [9.17, 15) is 9.59 Å². The molecule has 2 heterocycles. The van der Waals surface area contributed by atoms with Crippen molar-refractivity contribution in [1.82, 2.24) is 24.8 Å². The van der Waals surface area contributed by atoms with Crippen LogP contribution in [0.15, 0.2) is 30.3 Å². The number of nitrogens with zero attached hydrogens (tertiary/aromatic N) is 5. The van der Waals surface area contributed by atoms with Gasteiger partial charge in [0.25, 0.3) is 0 Å². The van der Waals surface area contributed by atoms with Crippen molar-refractivity contribution in [2.75, 3.05) is 20.6 Å². The second-order valence-electron chi connectivity index (χ2n) is 6.52. The van der Waals surface area contributed by atoms with Crippen molar-refractivity contribution in [1.29, 1.82) is 0 Å². The lowest BCUT2D eigenvalue weighted by Crippen LogP contribution is -2.46. The summed E-state index contributed by atoms with van der Waals surface area (Å²) >= 11 is 0. The second-order valence-corrected chi connectivity index (χ2v) is 6.52. The average Bonchev–Trinajstić information content (AvgIpc) is 3.22. The van der Waals surface area contributed by atoms with Crippen LogP contribution in [0.2, 0.25) is 0 Å². The van der Waals surface area contributed by atoms with Crippen LogP contribution in [0.5, 0.6) is 0 Å². The number of carbonyl (C=O) groups is 2. The second kappa shape index (κ2) is 7.04. The molecule has 3 rings (SSSR count). The van der Waals surface area contributed by atoms with Crippen LogP contribution in [-0.2, 0) is 16.0 Å². The topological polar surface area (TPSA) is 71.3 Å². The molecule has 1 atom stereocenters. The largest absolute Gasteiger partial charge is 0.347 e. The van der Waals surface area contributed by atoms with Crippen molar-refractivity contribution in [3.63, 3.8) is 0 Å². The maximum absolute atomic E-state index is 12.7. The predicted octanol–water partition coefficient (Wildman–Crippen LogP) is 1.20. The minimum atomic E-state index is -0.355. The summed E-state index contributed by atoms with van der Waals surface area (Å²) in [5.74, 6) is -0.0866. The number of aromatic nitrogens is 3. The molecule has 1 unspecified atom stereocenters. The van der Waals surface area contributed by atoms with Gasteiger partial charge in [-0.05, 0) is 31.9 Å². The first-order valence-corrected chi connectivity index (χ1v) is 8.46. The Morgan fingerprint density at radius 2 is 1.96 bits per heavy atom. The summed E-state index contributed by atoms with van der Waals surface area (Å²) in [6.07, 6.45) is 1.74. The summed E-state index contributed by atoms with van der Waals surface area (Å²) in [6.45, 7) is 2.52. The number of hydrogen-bond donors (Lipinski definition) is 0. The number of likely N-dealkylation sites (tertiary alicyclic amines) is 1. The molecule has 132 valence electrons. The highest BCUT2D eigenvalue weighted by molar-refractivity contribution is 5.88. The van der Waals surface area contributed by atoms with E-state index in [1.165, 1.54) is 0 Å². The van der Waals surface area contributed by atoms with Gasteiger partial charge in [-0.2, -0.15) is 0 Å². The van der Waals surface area contributed by atoms with Gasteiger partial charge in [0.2, 0.25) is 11.8 Å². The van der Waals surface area contributed by atoms with Gasteiger partial charge < -0.3 is 9.80 Å². The molecule has 7 heteroatoms. The third kappa shape index (κ3) is 3.40. The number of amides is 2. The van der Waals surface area contributed by atoms with Crippen LogP contribution in [0.4, 0.5) is 0 Å². The molecule has 1 fully saturated rings. The van der Waals surface area contributed by atoms with Crippen molar-refractivity contribution in [2.45, 2.75) is 32.2 Å².